The van der Waals surface area contributed by atoms with Crippen LogP contribution in [0.15, 0.2) is 200 Å². The zero-order valence-electron chi connectivity index (χ0n) is 30.3. The third-order valence-corrected chi connectivity index (χ3v) is 13.1. The number of hydrogen-bond donors (Lipinski definition) is 1. The monoisotopic (exact) mass is 750 g/mol. The maximum absolute atomic E-state index is 3.72. The Morgan fingerprint density at radius 3 is 1.82 bits per heavy atom. The quantitative estimate of drug-likeness (QED) is 0.174. The van der Waals surface area contributed by atoms with Gasteiger partial charge < -0.3 is 10.2 Å². The summed E-state index contributed by atoms with van der Waals surface area (Å²) < 4.78 is 5.20. The van der Waals surface area contributed by atoms with E-state index in [0.29, 0.717) is 0 Å². The third-order valence-electron chi connectivity index (χ3n) is 10.8. The molecule has 0 fully saturated rings. The number of thiophene rings is 2. The summed E-state index contributed by atoms with van der Waals surface area (Å²) in [5.74, 6) is 0. The second-order valence-corrected chi connectivity index (χ2v) is 16.4. The van der Waals surface area contributed by atoms with Gasteiger partial charge in [0.1, 0.15) is 0 Å². The molecule has 56 heavy (non-hydrogen) atoms. The number of benzene rings is 9. The van der Waals surface area contributed by atoms with E-state index in [4.69, 9.17) is 0 Å². The Kier molecular flexibility index (Phi) is 7.90. The van der Waals surface area contributed by atoms with E-state index < -0.39 is 0 Å². The summed E-state index contributed by atoms with van der Waals surface area (Å²) >= 11 is 3.71. The Labute approximate surface area is 333 Å². The highest BCUT2D eigenvalue weighted by Gasteiger charge is 2.16. The zero-order valence-corrected chi connectivity index (χ0v) is 31.9. The summed E-state index contributed by atoms with van der Waals surface area (Å²) in [6, 6.07) is 72.7. The number of para-hydroxylation sites is 1. The Hall–Kier alpha value is -6.72. The molecule has 4 heteroatoms. The van der Waals surface area contributed by atoms with Gasteiger partial charge in [0.2, 0.25) is 0 Å². The molecule has 0 aliphatic carbocycles. The fourth-order valence-electron chi connectivity index (χ4n) is 8.12. The molecule has 0 aliphatic rings. The highest BCUT2D eigenvalue weighted by atomic mass is 32.1. The van der Waals surface area contributed by atoms with Crippen molar-refractivity contribution in [1.82, 2.24) is 0 Å². The molecular weight excluding hydrogens is 717 g/mol. The summed E-state index contributed by atoms with van der Waals surface area (Å²) in [5.41, 5.74) is 10.4. The molecule has 0 amide bonds. The first-order valence-electron chi connectivity index (χ1n) is 18.9. The van der Waals surface area contributed by atoms with Gasteiger partial charge in [-0.15, -0.1) is 22.7 Å². The van der Waals surface area contributed by atoms with Crippen molar-refractivity contribution in [3.63, 3.8) is 0 Å². The Morgan fingerprint density at radius 2 is 0.929 bits per heavy atom. The molecule has 0 bridgehead atoms. The van der Waals surface area contributed by atoms with Crippen molar-refractivity contribution in [3.05, 3.63) is 200 Å². The van der Waals surface area contributed by atoms with Crippen molar-refractivity contribution in [2.24, 2.45) is 0 Å². The van der Waals surface area contributed by atoms with Gasteiger partial charge >= 0.3 is 0 Å². The molecule has 0 radical (unpaired) electrons. The summed E-state index contributed by atoms with van der Waals surface area (Å²) in [7, 11) is 0. The minimum Gasteiger partial charge on any atom is -0.355 e. The lowest BCUT2D eigenvalue weighted by Crippen LogP contribution is -2.09. The topological polar surface area (TPSA) is 15.3 Å². The lowest BCUT2D eigenvalue weighted by atomic mass is 9.98. The fraction of sp³-hybridized carbons (Fsp3) is 0. The average molecular weight is 751 g/mol. The number of nitrogens with zero attached hydrogens (tertiary/aromatic N) is 1. The van der Waals surface area contributed by atoms with Crippen LogP contribution in [-0.2, 0) is 0 Å². The van der Waals surface area contributed by atoms with Crippen LogP contribution in [0.5, 0.6) is 0 Å². The number of anilines is 5. The average Bonchev–Trinajstić information content (AvgIpc) is 3.82. The Bertz CT molecular complexity index is 3230. The molecule has 264 valence electrons. The van der Waals surface area contributed by atoms with Crippen LogP contribution in [0.25, 0.3) is 73.4 Å². The van der Waals surface area contributed by atoms with E-state index >= 15 is 0 Å². The van der Waals surface area contributed by atoms with Crippen molar-refractivity contribution in [3.8, 4) is 22.3 Å². The molecule has 11 aromatic rings. The van der Waals surface area contributed by atoms with Crippen LogP contribution < -0.4 is 10.2 Å². The highest BCUT2D eigenvalue weighted by molar-refractivity contribution is 7.26. The van der Waals surface area contributed by atoms with Crippen LogP contribution in [0, 0.1) is 0 Å². The zero-order chi connectivity index (χ0) is 37.0. The van der Waals surface area contributed by atoms with Gasteiger partial charge in [-0.2, -0.15) is 0 Å². The van der Waals surface area contributed by atoms with Crippen LogP contribution in [-0.4, -0.2) is 0 Å². The summed E-state index contributed by atoms with van der Waals surface area (Å²) in [6.45, 7) is 0. The van der Waals surface area contributed by atoms with E-state index in [1.807, 2.05) is 22.7 Å². The lowest BCUT2D eigenvalue weighted by Gasteiger charge is -2.25. The standard InChI is InChI=1S/C52H34N2S2/c1-2-14-40(15-3-1)54(41-24-20-35(21-25-41)44-18-9-11-34-10-4-5-16-43(34)44)42-26-27-46-48-32-39(23-29-51(48)56-52(46)33-42)53-38-13-8-12-36(30-38)37-22-28-50-47(31-37)45-17-6-7-19-49(45)55-50/h1-33,53H. The molecule has 0 saturated heterocycles. The van der Waals surface area contributed by atoms with E-state index in [1.165, 1.54) is 73.4 Å². The van der Waals surface area contributed by atoms with Crippen LogP contribution in [0.2, 0.25) is 0 Å². The molecule has 0 spiro atoms. The van der Waals surface area contributed by atoms with Gasteiger partial charge in [-0.1, -0.05) is 115 Å². The molecule has 1 N–H and O–H groups in total. The predicted molar refractivity (Wildman–Crippen MR) is 245 cm³/mol. The normalized spacial score (nSPS) is 11.6. The summed E-state index contributed by atoms with van der Waals surface area (Å²) in [5, 5.41) is 11.4. The molecule has 0 atom stereocenters. The molecule has 0 saturated carbocycles. The molecule has 0 aliphatic heterocycles. The van der Waals surface area contributed by atoms with Gasteiger partial charge in [0, 0.05) is 68.8 Å². The number of fused-ring (bicyclic) bond motifs is 7. The van der Waals surface area contributed by atoms with Crippen LogP contribution >= 0.6 is 22.7 Å². The molecule has 9 aromatic carbocycles. The van der Waals surface area contributed by atoms with E-state index in [0.717, 1.165) is 28.4 Å². The maximum Gasteiger partial charge on any atom is 0.0476 e. The van der Waals surface area contributed by atoms with Crippen molar-refractivity contribution in [2.75, 3.05) is 10.2 Å². The molecule has 0 unspecified atom stereocenters. The van der Waals surface area contributed by atoms with Gasteiger partial charge in [-0.3, -0.25) is 0 Å². The van der Waals surface area contributed by atoms with Gasteiger partial charge in [0.25, 0.3) is 0 Å². The lowest BCUT2D eigenvalue weighted by molar-refractivity contribution is 1.29. The first-order valence-corrected chi connectivity index (χ1v) is 20.5. The van der Waals surface area contributed by atoms with E-state index in [-0.39, 0.29) is 0 Å². The van der Waals surface area contributed by atoms with Gasteiger partial charge in [-0.25, -0.2) is 0 Å². The van der Waals surface area contributed by atoms with Gasteiger partial charge in [0.05, 0.1) is 0 Å². The molecule has 2 nitrogen and oxygen atoms in total. The largest absolute Gasteiger partial charge is 0.355 e. The summed E-state index contributed by atoms with van der Waals surface area (Å²) in [4.78, 5) is 2.36. The second kappa shape index (κ2) is 13.5. The van der Waals surface area contributed by atoms with Crippen molar-refractivity contribution in [2.45, 2.75) is 0 Å². The second-order valence-electron chi connectivity index (χ2n) is 14.3. The van der Waals surface area contributed by atoms with Crippen LogP contribution in [0.3, 0.4) is 0 Å². The van der Waals surface area contributed by atoms with Gasteiger partial charge in [-0.05, 0) is 118 Å². The first-order chi connectivity index (χ1) is 27.7. The number of rotatable bonds is 7. The summed E-state index contributed by atoms with van der Waals surface area (Å²) in [6.07, 6.45) is 0. The number of hydrogen-bond acceptors (Lipinski definition) is 4. The van der Waals surface area contributed by atoms with Crippen molar-refractivity contribution in [1.29, 1.82) is 0 Å². The molecule has 11 rings (SSSR count). The molecule has 2 aromatic heterocycles. The smallest absolute Gasteiger partial charge is 0.0476 e. The Morgan fingerprint density at radius 1 is 0.321 bits per heavy atom. The third kappa shape index (κ3) is 5.79. The van der Waals surface area contributed by atoms with Crippen molar-refractivity contribution < 1.29 is 0 Å². The van der Waals surface area contributed by atoms with E-state index in [9.17, 15) is 0 Å². The maximum atomic E-state index is 3.72. The van der Waals surface area contributed by atoms with Crippen LogP contribution in [0.1, 0.15) is 0 Å². The Balaban J connectivity index is 0.911. The SMILES string of the molecule is c1ccc(N(c2ccc(-c3cccc4ccccc34)cc2)c2ccc3c(c2)sc2ccc(Nc4cccc(-c5ccc6sc7ccccc7c6c5)c4)cc23)cc1. The highest BCUT2D eigenvalue weighted by Crippen LogP contribution is 2.43. The van der Waals surface area contributed by atoms with E-state index in [2.05, 4.69) is 210 Å². The van der Waals surface area contributed by atoms with Crippen LogP contribution in [0.4, 0.5) is 28.4 Å². The van der Waals surface area contributed by atoms with Gasteiger partial charge in [0.15, 0.2) is 0 Å². The minimum atomic E-state index is 1.07. The van der Waals surface area contributed by atoms with Crippen molar-refractivity contribution >= 4 is 102 Å². The molecular formula is C52H34N2S2. The minimum absolute atomic E-state index is 1.07. The van der Waals surface area contributed by atoms with E-state index in [1.54, 1.807) is 0 Å². The predicted octanol–water partition coefficient (Wildman–Crippen LogP) is 16.1. The molecule has 2 heterocycles. The first kappa shape index (κ1) is 32.7. The fourth-order valence-corrected chi connectivity index (χ4v) is 10.3. The number of nitrogens with one attached hydrogen (secondary N) is 1.